The van der Waals surface area contributed by atoms with Crippen LogP contribution in [0.1, 0.15) is 19.3 Å². The molecule has 1 saturated heterocycles. The van der Waals surface area contributed by atoms with Crippen LogP contribution in [-0.4, -0.2) is 31.0 Å². The van der Waals surface area contributed by atoms with E-state index in [0.717, 1.165) is 32.4 Å². The highest BCUT2D eigenvalue weighted by molar-refractivity contribution is 7.80. The molecule has 0 spiro atoms. The third-order valence-electron chi connectivity index (χ3n) is 2.79. The Balaban J connectivity index is 2.30. The Kier molecular flexibility index (Phi) is 3.62. The van der Waals surface area contributed by atoms with Crippen molar-refractivity contribution in [3.63, 3.8) is 0 Å². The first kappa shape index (κ1) is 13.6. The lowest BCUT2D eigenvalue weighted by Gasteiger charge is -2.26. The number of aromatic nitrogens is 2. The van der Waals surface area contributed by atoms with Gasteiger partial charge in [-0.2, -0.15) is 8.42 Å². The Morgan fingerprint density at radius 1 is 1.32 bits per heavy atom. The molecule has 9 nitrogen and oxygen atoms in total. The summed E-state index contributed by atoms with van der Waals surface area (Å²) >= 11 is 0. The summed E-state index contributed by atoms with van der Waals surface area (Å²) in [6.45, 7) is 1.66. The number of hydrogen-bond donors (Lipinski definition) is 2. The second kappa shape index (κ2) is 5.05. The topological polar surface area (TPSA) is 138 Å². The lowest BCUT2D eigenvalue weighted by Crippen LogP contribution is -2.51. The largest absolute Gasteiger partial charge is 0.714 e. The van der Waals surface area contributed by atoms with Crippen molar-refractivity contribution in [3.05, 3.63) is 6.07 Å². The summed E-state index contributed by atoms with van der Waals surface area (Å²) < 4.78 is 36.2. The van der Waals surface area contributed by atoms with Gasteiger partial charge in [-0.15, -0.1) is 0 Å². The van der Waals surface area contributed by atoms with Gasteiger partial charge in [-0.1, -0.05) is 4.98 Å². The number of rotatable bonds is 3. The number of anilines is 3. The van der Waals surface area contributed by atoms with Gasteiger partial charge in [0.25, 0.3) is 10.4 Å². The van der Waals surface area contributed by atoms with Crippen LogP contribution in [0.15, 0.2) is 6.07 Å². The predicted molar refractivity (Wildman–Crippen MR) is 65.6 cm³/mol. The first-order valence-corrected chi connectivity index (χ1v) is 7.09. The SMILES string of the molecule is Nc1cc(N2CCCCC2)nc(N)[n+]1OS(=O)(=O)[O-]. The molecule has 10 heteroatoms. The van der Waals surface area contributed by atoms with E-state index in [9.17, 15) is 13.0 Å². The van der Waals surface area contributed by atoms with Crippen molar-refractivity contribution in [3.8, 4) is 0 Å². The zero-order valence-corrected chi connectivity index (χ0v) is 11.0. The molecule has 0 unspecified atom stereocenters. The minimum atomic E-state index is -4.96. The average molecular weight is 289 g/mol. The molecule has 0 saturated carbocycles. The Hall–Kier alpha value is -1.81. The highest BCUT2D eigenvalue weighted by atomic mass is 32.3. The van der Waals surface area contributed by atoms with Crippen LogP contribution in [0.3, 0.4) is 0 Å². The van der Waals surface area contributed by atoms with E-state index in [2.05, 4.69) is 9.27 Å². The summed E-state index contributed by atoms with van der Waals surface area (Å²) in [5, 5.41) is 0. The molecule has 0 bridgehead atoms. The van der Waals surface area contributed by atoms with Crippen LogP contribution in [0.2, 0.25) is 0 Å². The van der Waals surface area contributed by atoms with Crippen LogP contribution in [0.25, 0.3) is 0 Å². The second-order valence-corrected chi connectivity index (χ2v) is 5.19. The number of nitrogens with two attached hydrogens (primary N) is 2. The molecule has 1 aliphatic rings. The van der Waals surface area contributed by atoms with Crippen molar-refractivity contribution in [2.24, 2.45) is 0 Å². The molecular formula is C9H15N5O4S. The molecule has 1 fully saturated rings. The molecular weight excluding hydrogens is 274 g/mol. The van der Waals surface area contributed by atoms with Crippen LogP contribution in [-0.2, 0) is 10.4 Å². The lowest BCUT2D eigenvalue weighted by atomic mass is 10.1. The first-order valence-electron chi connectivity index (χ1n) is 5.75. The molecule has 0 radical (unpaired) electrons. The average Bonchev–Trinajstić information content (AvgIpc) is 2.33. The molecule has 19 heavy (non-hydrogen) atoms. The zero-order valence-electron chi connectivity index (χ0n) is 10.2. The van der Waals surface area contributed by atoms with Gasteiger partial charge in [0.2, 0.25) is 5.82 Å². The Morgan fingerprint density at radius 2 is 1.95 bits per heavy atom. The quantitative estimate of drug-likeness (QED) is 0.386. The van der Waals surface area contributed by atoms with E-state index in [4.69, 9.17) is 11.5 Å². The Labute approximate surface area is 110 Å². The standard InChI is InChI=1S/C9H15N5O4S/c10-7-6-8(13-4-2-1-3-5-13)12-9(11)14(7)18-19(15,16)17/h6H,1-5H2,(H4,10,11,12,15,16,17). The van der Waals surface area contributed by atoms with E-state index >= 15 is 0 Å². The number of hydrogen-bond acceptors (Lipinski definition) is 8. The summed E-state index contributed by atoms with van der Waals surface area (Å²) in [6, 6.07) is 1.42. The van der Waals surface area contributed by atoms with Crippen molar-refractivity contribution in [1.82, 2.24) is 4.98 Å². The first-order chi connectivity index (χ1) is 8.87. The number of nitrogens with zero attached hydrogens (tertiary/aromatic N) is 3. The lowest BCUT2D eigenvalue weighted by molar-refractivity contribution is -0.835. The van der Waals surface area contributed by atoms with E-state index in [1.54, 1.807) is 0 Å². The van der Waals surface area contributed by atoms with E-state index in [0.29, 0.717) is 10.5 Å². The van der Waals surface area contributed by atoms with Crippen molar-refractivity contribution in [2.75, 3.05) is 29.5 Å². The molecule has 0 aromatic carbocycles. The summed E-state index contributed by atoms with van der Waals surface area (Å²) in [4.78, 5) is 5.99. The molecule has 1 aromatic rings. The molecule has 2 heterocycles. The third kappa shape index (κ3) is 3.35. The van der Waals surface area contributed by atoms with E-state index in [1.165, 1.54) is 6.07 Å². The fourth-order valence-corrected chi connectivity index (χ4v) is 2.32. The minimum absolute atomic E-state index is 0.104. The zero-order chi connectivity index (χ0) is 14.0. The van der Waals surface area contributed by atoms with Gasteiger partial charge in [-0.25, -0.2) is 4.28 Å². The monoisotopic (exact) mass is 289 g/mol. The maximum absolute atomic E-state index is 10.5. The van der Waals surface area contributed by atoms with E-state index in [-0.39, 0.29) is 11.8 Å². The van der Waals surface area contributed by atoms with Crippen molar-refractivity contribution in [1.29, 1.82) is 0 Å². The van der Waals surface area contributed by atoms with Crippen LogP contribution < -0.4 is 25.4 Å². The van der Waals surface area contributed by atoms with Crippen molar-refractivity contribution in [2.45, 2.75) is 19.3 Å². The Bertz CT molecular complexity index is 547. The Morgan fingerprint density at radius 3 is 2.47 bits per heavy atom. The minimum Gasteiger partial charge on any atom is -0.714 e. The summed E-state index contributed by atoms with van der Waals surface area (Å²) in [5.41, 5.74) is 11.2. The maximum atomic E-state index is 10.5. The molecule has 0 atom stereocenters. The predicted octanol–water partition coefficient (Wildman–Crippen LogP) is -1.59. The normalized spacial score (nSPS) is 16.4. The van der Waals surface area contributed by atoms with Crippen LogP contribution in [0.4, 0.5) is 17.6 Å². The molecule has 1 aliphatic heterocycles. The fourth-order valence-electron chi connectivity index (χ4n) is 1.98. The molecule has 1 aromatic heterocycles. The van der Waals surface area contributed by atoms with E-state index in [1.807, 2.05) is 4.90 Å². The molecule has 106 valence electrons. The van der Waals surface area contributed by atoms with Gasteiger partial charge in [0.15, 0.2) is 5.82 Å². The number of nitrogen functional groups attached to an aromatic ring is 2. The van der Waals surface area contributed by atoms with Gasteiger partial charge >= 0.3 is 5.95 Å². The third-order valence-corrected chi connectivity index (χ3v) is 3.13. The van der Waals surface area contributed by atoms with Crippen LogP contribution in [0, 0.1) is 0 Å². The highest BCUT2D eigenvalue weighted by Gasteiger charge is 2.21. The number of piperidine rings is 1. The van der Waals surface area contributed by atoms with Crippen LogP contribution >= 0.6 is 0 Å². The van der Waals surface area contributed by atoms with Gasteiger partial charge in [0.05, 0.1) is 6.07 Å². The van der Waals surface area contributed by atoms with Gasteiger partial charge < -0.3 is 20.9 Å². The van der Waals surface area contributed by atoms with Gasteiger partial charge in [0.1, 0.15) is 0 Å². The fraction of sp³-hybridized carbons (Fsp3) is 0.556. The van der Waals surface area contributed by atoms with Gasteiger partial charge in [-0.05, 0) is 24.0 Å². The molecule has 0 aliphatic carbocycles. The molecule has 0 amide bonds. The summed E-state index contributed by atoms with van der Waals surface area (Å²) in [6.07, 6.45) is 3.25. The maximum Gasteiger partial charge on any atom is 0.385 e. The van der Waals surface area contributed by atoms with Crippen molar-refractivity contribution < 1.29 is 22.0 Å². The second-order valence-electron chi connectivity index (χ2n) is 4.22. The highest BCUT2D eigenvalue weighted by Crippen LogP contribution is 2.18. The van der Waals surface area contributed by atoms with E-state index < -0.39 is 10.4 Å². The van der Waals surface area contributed by atoms with Crippen molar-refractivity contribution >= 4 is 28.0 Å². The summed E-state index contributed by atoms with van der Waals surface area (Å²) in [7, 11) is -4.96. The smallest absolute Gasteiger partial charge is 0.385 e. The summed E-state index contributed by atoms with van der Waals surface area (Å²) in [5.74, 6) is 0.144. The van der Waals surface area contributed by atoms with Gasteiger partial charge in [0, 0.05) is 13.1 Å². The molecule has 4 N–H and O–H groups in total. The van der Waals surface area contributed by atoms with Crippen LogP contribution in [0.5, 0.6) is 0 Å². The molecule has 2 rings (SSSR count). The van der Waals surface area contributed by atoms with Gasteiger partial charge in [-0.3, -0.25) is 0 Å².